The minimum Gasteiger partial charge on any atom is -0.473 e. The number of likely N-dealkylation sites (tertiary alicyclic amines) is 1. The minimum atomic E-state index is -1.82. The summed E-state index contributed by atoms with van der Waals surface area (Å²) in [6.07, 6.45) is 2.93. The van der Waals surface area contributed by atoms with Crippen LogP contribution in [0.25, 0.3) is 0 Å². The Hall–Kier alpha value is -1.67. The van der Waals surface area contributed by atoms with E-state index >= 15 is 0 Å². The van der Waals surface area contributed by atoms with Crippen LogP contribution in [0.3, 0.4) is 0 Å². The van der Waals surface area contributed by atoms with Crippen LogP contribution in [0.4, 0.5) is 0 Å². The van der Waals surface area contributed by atoms with Crippen molar-refractivity contribution in [1.29, 1.82) is 0 Å². The van der Waals surface area contributed by atoms with Crippen LogP contribution < -0.4 is 0 Å². The van der Waals surface area contributed by atoms with Gasteiger partial charge in [-0.25, -0.2) is 9.59 Å². The van der Waals surface area contributed by atoms with E-state index in [2.05, 4.69) is 11.9 Å². The van der Waals surface area contributed by atoms with Crippen molar-refractivity contribution in [3.05, 3.63) is 0 Å². The van der Waals surface area contributed by atoms with E-state index in [-0.39, 0.29) is 11.8 Å². The van der Waals surface area contributed by atoms with E-state index in [0.717, 1.165) is 38.9 Å². The van der Waals surface area contributed by atoms with Gasteiger partial charge in [0.2, 0.25) is 6.41 Å². The first-order chi connectivity index (χ1) is 9.29. The van der Waals surface area contributed by atoms with Crippen LogP contribution in [0.2, 0.25) is 0 Å². The van der Waals surface area contributed by atoms with Crippen molar-refractivity contribution in [2.24, 2.45) is 0 Å². The third-order valence-corrected chi connectivity index (χ3v) is 3.57. The Morgan fingerprint density at radius 2 is 1.75 bits per heavy atom. The molecule has 2 N–H and O–H groups in total. The molecule has 1 unspecified atom stereocenters. The van der Waals surface area contributed by atoms with Gasteiger partial charge in [-0.3, -0.25) is 4.79 Å². The van der Waals surface area contributed by atoms with Crippen LogP contribution in [0, 0.1) is 0 Å². The number of carbonyl (C=O) groups excluding carboxylic acids is 1. The Kier molecular flexibility index (Phi) is 5.46. The molecule has 1 amide bonds. The fourth-order valence-corrected chi connectivity index (χ4v) is 2.35. The van der Waals surface area contributed by atoms with Crippen molar-refractivity contribution in [2.45, 2.75) is 31.6 Å². The van der Waals surface area contributed by atoms with E-state index in [4.69, 9.17) is 24.5 Å². The van der Waals surface area contributed by atoms with Gasteiger partial charge in [0.15, 0.2) is 0 Å². The Labute approximate surface area is 116 Å². The number of nitrogens with zero attached hydrogens (tertiary/aromatic N) is 2. The lowest BCUT2D eigenvalue weighted by Crippen LogP contribution is -2.45. The number of carboxylic acid groups (broad SMARTS) is 2. The van der Waals surface area contributed by atoms with Crippen molar-refractivity contribution in [2.75, 3.05) is 26.7 Å². The van der Waals surface area contributed by atoms with Gasteiger partial charge < -0.3 is 24.7 Å². The highest BCUT2D eigenvalue weighted by Crippen LogP contribution is 2.33. The number of hydrogen-bond donors (Lipinski definition) is 2. The van der Waals surface area contributed by atoms with Crippen LogP contribution in [0.1, 0.15) is 19.8 Å². The van der Waals surface area contributed by atoms with Crippen LogP contribution in [-0.4, -0.2) is 76.9 Å². The van der Waals surface area contributed by atoms with E-state index in [1.807, 2.05) is 6.92 Å². The van der Waals surface area contributed by atoms with Gasteiger partial charge in [-0.2, -0.15) is 0 Å². The molecule has 8 heteroatoms. The molecule has 20 heavy (non-hydrogen) atoms. The van der Waals surface area contributed by atoms with Crippen LogP contribution in [0.5, 0.6) is 0 Å². The van der Waals surface area contributed by atoms with Crippen molar-refractivity contribution < 1.29 is 29.3 Å². The smallest absolute Gasteiger partial charge is 0.414 e. The van der Waals surface area contributed by atoms with E-state index in [0.29, 0.717) is 0 Å². The third kappa shape index (κ3) is 4.17. The Balaban J connectivity index is 0.000000286. The van der Waals surface area contributed by atoms with Gasteiger partial charge >= 0.3 is 11.9 Å². The monoisotopic (exact) mass is 288 g/mol. The molecule has 0 bridgehead atoms. The van der Waals surface area contributed by atoms with Crippen molar-refractivity contribution in [3.8, 4) is 0 Å². The molecule has 1 spiro atoms. The van der Waals surface area contributed by atoms with Gasteiger partial charge in [0.05, 0.1) is 12.1 Å². The number of amides is 1. The molecule has 8 nitrogen and oxygen atoms in total. The number of ether oxygens (including phenoxy) is 1. The van der Waals surface area contributed by atoms with Crippen LogP contribution in [0.15, 0.2) is 0 Å². The lowest BCUT2D eigenvalue weighted by Gasteiger charge is -2.36. The summed E-state index contributed by atoms with van der Waals surface area (Å²) in [4.78, 5) is 33.0. The van der Waals surface area contributed by atoms with Gasteiger partial charge in [0.1, 0.15) is 6.23 Å². The summed E-state index contributed by atoms with van der Waals surface area (Å²) in [5, 5.41) is 14.8. The molecule has 2 fully saturated rings. The predicted molar refractivity (Wildman–Crippen MR) is 68.1 cm³/mol. The zero-order valence-electron chi connectivity index (χ0n) is 11.6. The second kappa shape index (κ2) is 6.67. The summed E-state index contributed by atoms with van der Waals surface area (Å²) >= 11 is 0. The van der Waals surface area contributed by atoms with E-state index in [9.17, 15) is 4.79 Å². The highest BCUT2D eigenvalue weighted by molar-refractivity contribution is 6.27. The van der Waals surface area contributed by atoms with E-state index in [1.165, 1.54) is 0 Å². The van der Waals surface area contributed by atoms with Crippen molar-refractivity contribution >= 4 is 18.3 Å². The molecular weight excluding hydrogens is 268 g/mol. The highest BCUT2D eigenvalue weighted by atomic mass is 16.5. The Morgan fingerprint density at radius 1 is 1.25 bits per heavy atom. The fourth-order valence-electron chi connectivity index (χ4n) is 2.35. The fraction of sp³-hybridized carbons (Fsp3) is 0.750. The maximum absolute atomic E-state index is 10.7. The van der Waals surface area contributed by atoms with Gasteiger partial charge in [0, 0.05) is 13.1 Å². The molecule has 0 radical (unpaired) electrons. The van der Waals surface area contributed by atoms with E-state index in [1.54, 1.807) is 4.90 Å². The number of carboxylic acids is 2. The van der Waals surface area contributed by atoms with Crippen LogP contribution in [-0.2, 0) is 19.1 Å². The van der Waals surface area contributed by atoms with Crippen LogP contribution >= 0.6 is 0 Å². The molecule has 2 saturated heterocycles. The summed E-state index contributed by atoms with van der Waals surface area (Å²) < 4.78 is 5.91. The molecule has 1 atom stereocenters. The standard InChI is InChI=1S/C10H18N2O2.C2H2O4/c1-9-12(8-13)7-10(14-9)3-5-11(2)6-4-10;3-1(4)2(5)6/h8-9H,3-7H2,1-2H3;(H,3,4)(H,5,6). The van der Waals surface area contributed by atoms with Crippen molar-refractivity contribution in [1.82, 2.24) is 9.80 Å². The zero-order valence-corrected chi connectivity index (χ0v) is 11.6. The molecule has 2 aliphatic rings. The number of aliphatic carboxylic acids is 2. The third-order valence-electron chi connectivity index (χ3n) is 3.57. The number of piperidine rings is 1. The lowest BCUT2D eigenvalue weighted by atomic mass is 9.92. The molecule has 0 aromatic carbocycles. The number of rotatable bonds is 1. The van der Waals surface area contributed by atoms with Crippen molar-refractivity contribution in [3.63, 3.8) is 0 Å². The lowest BCUT2D eigenvalue weighted by molar-refractivity contribution is -0.159. The average Bonchev–Trinajstić information content (AvgIpc) is 2.70. The summed E-state index contributed by atoms with van der Waals surface area (Å²) in [6, 6.07) is 0. The highest BCUT2D eigenvalue weighted by Gasteiger charge is 2.44. The number of carbonyl (C=O) groups is 3. The minimum absolute atomic E-state index is 0.0455. The SMILES string of the molecule is CC1OC2(CCN(C)CC2)CN1C=O.O=C(O)C(=O)O. The molecule has 2 heterocycles. The number of hydrogen-bond acceptors (Lipinski definition) is 5. The average molecular weight is 288 g/mol. The molecule has 0 aliphatic carbocycles. The molecule has 0 saturated carbocycles. The second-order valence-electron chi connectivity index (χ2n) is 5.09. The summed E-state index contributed by atoms with van der Waals surface area (Å²) in [6.45, 7) is 4.85. The first-order valence-corrected chi connectivity index (χ1v) is 6.33. The molecule has 2 aliphatic heterocycles. The predicted octanol–water partition coefficient (Wildman–Crippen LogP) is -0.559. The first kappa shape index (κ1) is 16.4. The van der Waals surface area contributed by atoms with Gasteiger partial charge in [-0.15, -0.1) is 0 Å². The molecule has 0 aromatic rings. The summed E-state index contributed by atoms with van der Waals surface area (Å²) in [5.41, 5.74) is -0.0488. The Bertz CT molecular complexity index is 366. The maximum atomic E-state index is 10.7. The molecule has 0 aromatic heterocycles. The largest absolute Gasteiger partial charge is 0.473 e. The van der Waals surface area contributed by atoms with Gasteiger partial charge in [-0.1, -0.05) is 0 Å². The first-order valence-electron chi connectivity index (χ1n) is 6.33. The zero-order chi connectivity index (χ0) is 15.3. The second-order valence-corrected chi connectivity index (χ2v) is 5.09. The maximum Gasteiger partial charge on any atom is 0.414 e. The molecule has 114 valence electrons. The van der Waals surface area contributed by atoms with Gasteiger partial charge in [0.25, 0.3) is 0 Å². The van der Waals surface area contributed by atoms with Gasteiger partial charge in [-0.05, 0) is 26.8 Å². The topological polar surface area (TPSA) is 107 Å². The Morgan fingerprint density at radius 3 is 2.10 bits per heavy atom. The normalized spacial score (nSPS) is 24.9. The molecular formula is C12H20N2O6. The summed E-state index contributed by atoms with van der Waals surface area (Å²) in [7, 11) is 2.13. The van der Waals surface area contributed by atoms with E-state index < -0.39 is 11.9 Å². The molecule has 2 rings (SSSR count). The summed E-state index contributed by atoms with van der Waals surface area (Å²) in [5.74, 6) is -3.65. The quantitative estimate of drug-likeness (QED) is 0.492.